The van der Waals surface area contributed by atoms with Gasteiger partial charge in [-0.3, -0.25) is 4.79 Å². The second-order valence-corrected chi connectivity index (χ2v) is 4.31. The Morgan fingerprint density at radius 3 is 2.58 bits per heavy atom. The van der Waals surface area contributed by atoms with Gasteiger partial charge in [-0.1, -0.05) is 19.9 Å². The van der Waals surface area contributed by atoms with E-state index in [0.29, 0.717) is 5.56 Å². The van der Waals surface area contributed by atoms with Gasteiger partial charge in [0.15, 0.2) is 0 Å². The summed E-state index contributed by atoms with van der Waals surface area (Å²) in [5, 5.41) is 11.5. The zero-order valence-corrected chi connectivity index (χ0v) is 10.8. The number of hydrogen-bond acceptors (Lipinski definition) is 3. The zero-order chi connectivity index (χ0) is 14.6. The lowest BCUT2D eigenvalue weighted by Crippen LogP contribution is -2.44. The first-order valence-corrected chi connectivity index (χ1v) is 5.93. The van der Waals surface area contributed by atoms with Crippen LogP contribution in [0.25, 0.3) is 0 Å². The van der Waals surface area contributed by atoms with Crippen LogP contribution in [0.2, 0.25) is 0 Å². The lowest BCUT2D eigenvalue weighted by molar-refractivity contribution is -0.142. The van der Waals surface area contributed by atoms with Crippen LogP contribution in [-0.2, 0) is 9.59 Å². The summed E-state index contributed by atoms with van der Waals surface area (Å²) in [5.41, 5.74) is 5.83. The van der Waals surface area contributed by atoms with Crippen molar-refractivity contribution >= 4 is 17.6 Å². The number of nitrogens with one attached hydrogen (secondary N) is 1. The Kier molecular flexibility index (Phi) is 4.86. The number of benzene rings is 1. The average molecular weight is 268 g/mol. The van der Waals surface area contributed by atoms with Gasteiger partial charge >= 0.3 is 5.97 Å². The molecule has 0 aromatic heterocycles. The molecule has 0 saturated heterocycles. The van der Waals surface area contributed by atoms with Crippen LogP contribution in [0.3, 0.4) is 0 Å². The summed E-state index contributed by atoms with van der Waals surface area (Å²) in [6.45, 7) is 3.24. The Hall–Kier alpha value is -2.11. The zero-order valence-electron chi connectivity index (χ0n) is 10.8. The molecule has 6 heteroatoms. The highest BCUT2D eigenvalue weighted by molar-refractivity contribution is 5.84. The highest BCUT2D eigenvalue weighted by Crippen LogP contribution is 2.23. The Bertz CT molecular complexity index is 491. The summed E-state index contributed by atoms with van der Waals surface area (Å²) in [6.07, 6.45) is 0.187. The van der Waals surface area contributed by atoms with Crippen LogP contribution in [0.4, 0.5) is 10.1 Å². The quantitative estimate of drug-likeness (QED) is 0.705. The van der Waals surface area contributed by atoms with Crippen LogP contribution in [0, 0.1) is 5.82 Å². The Balaban J connectivity index is 2.98. The maximum Gasteiger partial charge on any atom is 0.326 e. The van der Waals surface area contributed by atoms with E-state index in [2.05, 4.69) is 5.32 Å². The molecule has 1 aromatic carbocycles. The molecular weight excluding hydrogens is 251 g/mol. The molecule has 0 aliphatic rings. The van der Waals surface area contributed by atoms with Crippen molar-refractivity contribution in [3.05, 3.63) is 29.6 Å². The summed E-state index contributed by atoms with van der Waals surface area (Å²) in [7, 11) is 0. The number of rotatable bonds is 5. The van der Waals surface area contributed by atoms with Crippen molar-refractivity contribution in [2.75, 3.05) is 5.73 Å². The lowest BCUT2D eigenvalue weighted by atomic mass is 9.93. The number of carbonyl (C=O) groups is 2. The van der Waals surface area contributed by atoms with Gasteiger partial charge in [0.2, 0.25) is 5.91 Å². The molecule has 19 heavy (non-hydrogen) atoms. The van der Waals surface area contributed by atoms with Crippen LogP contribution in [-0.4, -0.2) is 23.0 Å². The smallest absolute Gasteiger partial charge is 0.326 e. The van der Waals surface area contributed by atoms with Crippen molar-refractivity contribution in [3.8, 4) is 0 Å². The minimum atomic E-state index is -1.16. The minimum Gasteiger partial charge on any atom is -0.480 e. The number of carboxylic acids is 1. The van der Waals surface area contributed by atoms with E-state index in [0.717, 1.165) is 0 Å². The van der Waals surface area contributed by atoms with Gasteiger partial charge in [-0.05, 0) is 17.7 Å². The predicted octanol–water partition coefficient (Wildman–Crippen LogP) is 1.49. The second kappa shape index (κ2) is 6.17. The van der Waals surface area contributed by atoms with Crippen molar-refractivity contribution in [2.24, 2.45) is 0 Å². The van der Waals surface area contributed by atoms with Gasteiger partial charge in [0.25, 0.3) is 0 Å². The second-order valence-electron chi connectivity index (χ2n) is 4.31. The highest BCUT2D eigenvalue weighted by atomic mass is 19.1. The van der Waals surface area contributed by atoms with Gasteiger partial charge < -0.3 is 16.2 Å². The minimum absolute atomic E-state index is 0.000388. The number of nitrogen functional groups attached to an aromatic ring is 1. The molecule has 0 aliphatic heterocycles. The first kappa shape index (κ1) is 14.9. The molecular formula is C13H17FN2O3. The largest absolute Gasteiger partial charge is 0.480 e. The highest BCUT2D eigenvalue weighted by Gasteiger charge is 2.27. The molecule has 0 aliphatic carbocycles. The van der Waals surface area contributed by atoms with E-state index in [1.165, 1.54) is 12.1 Å². The predicted molar refractivity (Wildman–Crippen MR) is 69.1 cm³/mol. The van der Waals surface area contributed by atoms with E-state index in [1.807, 2.05) is 0 Å². The fourth-order valence-corrected chi connectivity index (χ4v) is 1.70. The summed E-state index contributed by atoms with van der Waals surface area (Å²) in [6, 6.07) is 3.02. The Morgan fingerprint density at radius 1 is 1.47 bits per heavy atom. The van der Waals surface area contributed by atoms with Gasteiger partial charge in [0.05, 0.1) is 5.69 Å². The number of anilines is 1. The van der Waals surface area contributed by atoms with Crippen LogP contribution in [0.15, 0.2) is 18.2 Å². The fraction of sp³-hybridized carbons (Fsp3) is 0.385. The molecule has 0 fully saturated rings. The summed E-state index contributed by atoms with van der Waals surface area (Å²) >= 11 is 0. The SMILES string of the molecule is CCC(=O)N[C@@H](C(=O)O)[C@@H](C)c1ccc(N)c(F)c1. The molecule has 4 N–H and O–H groups in total. The normalized spacial score (nSPS) is 13.6. The van der Waals surface area contributed by atoms with E-state index >= 15 is 0 Å². The molecule has 104 valence electrons. The van der Waals surface area contributed by atoms with Gasteiger partial charge in [-0.2, -0.15) is 0 Å². The standard InChI is InChI=1S/C13H17FN2O3/c1-3-11(17)16-12(13(18)19)7(2)8-4-5-10(15)9(14)6-8/h4-7,12H,3,15H2,1-2H3,(H,16,17)(H,18,19)/t7-,12+/m0/s1. The van der Waals surface area contributed by atoms with Crippen molar-refractivity contribution in [1.29, 1.82) is 0 Å². The number of carboxylic acid groups (broad SMARTS) is 1. The molecule has 1 amide bonds. The first-order valence-electron chi connectivity index (χ1n) is 5.93. The number of carbonyl (C=O) groups excluding carboxylic acids is 1. The maximum atomic E-state index is 13.4. The fourth-order valence-electron chi connectivity index (χ4n) is 1.70. The molecule has 0 heterocycles. The molecule has 2 atom stereocenters. The molecule has 0 bridgehead atoms. The van der Waals surface area contributed by atoms with E-state index < -0.39 is 23.7 Å². The van der Waals surface area contributed by atoms with E-state index in [4.69, 9.17) is 10.8 Å². The van der Waals surface area contributed by atoms with Crippen molar-refractivity contribution in [1.82, 2.24) is 5.32 Å². The summed E-state index contributed by atoms with van der Waals surface area (Å²) < 4.78 is 13.4. The van der Waals surface area contributed by atoms with Gasteiger partial charge in [-0.15, -0.1) is 0 Å². The number of hydrogen-bond donors (Lipinski definition) is 3. The van der Waals surface area contributed by atoms with Crippen molar-refractivity contribution in [3.63, 3.8) is 0 Å². The molecule has 0 spiro atoms. The lowest BCUT2D eigenvalue weighted by Gasteiger charge is -2.21. The molecule has 0 saturated carbocycles. The van der Waals surface area contributed by atoms with Gasteiger partial charge in [0.1, 0.15) is 11.9 Å². The number of aliphatic carboxylic acids is 1. The van der Waals surface area contributed by atoms with Crippen molar-refractivity contribution < 1.29 is 19.1 Å². The van der Waals surface area contributed by atoms with Crippen LogP contribution in [0.1, 0.15) is 31.7 Å². The van der Waals surface area contributed by atoms with Crippen LogP contribution < -0.4 is 11.1 Å². The molecule has 5 nitrogen and oxygen atoms in total. The van der Waals surface area contributed by atoms with E-state index in [-0.39, 0.29) is 18.0 Å². The van der Waals surface area contributed by atoms with Gasteiger partial charge in [0, 0.05) is 12.3 Å². The first-order chi connectivity index (χ1) is 8.86. The third kappa shape index (κ3) is 3.67. The summed E-state index contributed by atoms with van der Waals surface area (Å²) in [4.78, 5) is 22.5. The Labute approximate surface area is 110 Å². The monoisotopic (exact) mass is 268 g/mol. The van der Waals surface area contributed by atoms with Crippen molar-refractivity contribution in [2.45, 2.75) is 32.2 Å². The van der Waals surface area contributed by atoms with Gasteiger partial charge in [-0.25, -0.2) is 9.18 Å². The molecule has 0 radical (unpaired) electrons. The molecule has 1 aromatic rings. The molecule has 0 unspecified atom stereocenters. The van der Waals surface area contributed by atoms with E-state index in [1.54, 1.807) is 19.9 Å². The Morgan fingerprint density at radius 2 is 2.11 bits per heavy atom. The topological polar surface area (TPSA) is 92.4 Å². The number of nitrogens with two attached hydrogens (primary N) is 1. The number of halogens is 1. The third-order valence-electron chi connectivity index (χ3n) is 2.95. The summed E-state index contributed by atoms with van der Waals surface area (Å²) in [5.74, 6) is -2.69. The van der Waals surface area contributed by atoms with Crippen LogP contribution >= 0.6 is 0 Å². The van der Waals surface area contributed by atoms with E-state index in [9.17, 15) is 14.0 Å². The maximum absolute atomic E-state index is 13.4. The van der Waals surface area contributed by atoms with Crippen LogP contribution in [0.5, 0.6) is 0 Å². The average Bonchev–Trinajstić information content (AvgIpc) is 2.37. The number of amides is 1. The molecule has 1 rings (SSSR count). The third-order valence-corrected chi connectivity index (χ3v) is 2.95.